The van der Waals surface area contributed by atoms with Crippen molar-refractivity contribution >= 4 is 28.3 Å². The van der Waals surface area contributed by atoms with Gasteiger partial charge in [0.1, 0.15) is 0 Å². The Kier molecular flexibility index (Phi) is 4.87. The smallest absolute Gasteiger partial charge is 0.203 e. The summed E-state index contributed by atoms with van der Waals surface area (Å²) in [4.78, 5) is 0. The first-order valence-electron chi connectivity index (χ1n) is 3.44. The molecule has 0 radical (unpaired) electrons. The third-order valence-electron chi connectivity index (χ3n) is 1.28. The van der Waals surface area contributed by atoms with Crippen LogP contribution in [0.4, 0.5) is 0 Å². The molecule has 0 saturated carbocycles. The number of rotatable bonds is 2. The van der Waals surface area contributed by atoms with Gasteiger partial charge in [-0.25, -0.2) is 0 Å². The highest BCUT2D eigenvalue weighted by atomic mass is 79.9. The van der Waals surface area contributed by atoms with Gasteiger partial charge in [0.05, 0.1) is 12.8 Å². The van der Waals surface area contributed by atoms with E-state index >= 15 is 0 Å². The summed E-state index contributed by atoms with van der Waals surface area (Å²) in [5.41, 5.74) is -0.0555. The van der Waals surface area contributed by atoms with Gasteiger partial charge in [0.2, 0.25) is 5.49 Å². The number of hydrogen-bond acceptors (Lipinski definition) is 3. The third-order valence-corrected chi connectivity index (χ3v) is 1.71. The van der Waals surface area contributed by atoms with E-state index in [9.17, 15) is 0 Å². The predicted octanol–water partition coefficient (Wildman–Crippen LogP) is 1.79. The van der Waals surface area contributed by atoms with Crippen LogP contribution in [0.2, 0.25) is 0 Å². The third kappa shape index (κ3) is 2.93. The number of nitrogens with one attached hydrogen (secondary N) is 1. The first-order chi connectivity index (χ1) is 5.65. The van der Waals surface area contributed by atoms with Gasteiger partial charge < -0.3 is 9.94 Å². The average molecular weight is 270 g/mol. The molecule has 0 amide bonds. The van der Waals surface area contributed by atoms with Crippen molar-refractivity contribution in [1.29, 1.82) is 5.41 Å². The highest BCUT2D eigenvalue weighted by Gasteiger charge is 2.01. The number of halogens is 2. The summed E-state index contributed by atoms with van der Waals surface area (Å²) in [6.45, 7) is 2.30. The van der Waals surface area contributed by atoms with Crippen LogP contribution in [-0.4, -0.2) is 16.5 Å². The van der Waals surface area contributed by atoms with Crippen molar-refractivity contribution in [2.75, 3.05) is 6.61 Å². The average Bonchev–Trinajstić information content (AvgIpc) is 2.00. The monoisotopic (exact) mass is 268 g/mol. The molecular weight excluding hydrogens is 259 g/mol. The van der Waals surface area contributed by atoms with Crippen molar-refractivity contribution in [3.05, 3.63) is 22.2 Å². The van der Waals surface area contributed by atoms with E-state index in [4.69, 9.17) is 15.4 Å². The lowest BCUT2D eigenvalue weighted by atomic mass is 10.4. The van der Waals surface area contributed by atoms with Gasteiger partial charge in [-0.2, -0.15) is 4.73 Å². The van der Waals surface area contributed by atoms with Crippen molar-refractivity contribution < 1.29 is 9.94 Å². The Bertz CT molecular complexity index is 340. The fourth-order valence-corrected chi connectivity index (χ4v) is 1.19. The molecular formula is C7H10BrClN2O2. The topological polar surface area (TPSA) is 58.2 Å². The molecule has 0 aromatic carbocycles. The van der Waals surface area contributed by atoms with Crippen LogP contribution in [0.25, 0.3) is 0 Å². The van der Waals surface area contributed by atoms with Crippen molar-refractivity contribution in [2.45, 2.75) is 6.92 Å². The fraction of sp³-hybridized carbons (Fsp3) is 0.286. The van der Waals surface area contributed by atoms with Gasteiger partial charge in [0.15, 0.2) is 5.75 Å². The lowest BCUT2D eigenvalue weighted by Gasteiger charge is -2.05. The first kappa shape index (κ1) is 12.3. The number of nitrogens with zero attached hydrogens (tertiary/aromatic N) is 1. The zero-order chi connectivity index (χ0) is 9.14. The Morgan fingerprint density at radius 1 is 1.69 bits per heavy atom. The normalized spacial score (nSPS) is 9.08. The maximum Gasteiger partial charge on any atom is 0.203 e. The van der Waals surface area contributed by atoms with Gasteiger partial charge in [0, 0.05) is 4.47 Å². The van der Waals surface area contributed by atoms with Crippen LogP contribution in [0, 0.1) is 5.41 Å². The van der Waals surface area contributed by atoms with Crippen LogP contribution < -0.4 is 10.2 Å². The first-order valence-corrected chi connectivity index (χ1v) is 4.23. The minimum absolute atomic E-state index is 0. The zero-order valence-electron chi connectivity index (χ0n) is 6.95. The molecule has 6 heteroatoms. The molecule has 0 atom stereocenters. The summed E-state index contributed by atoms with van der Waals surface area (Å²) >= 11 is 3.17. The van der Waals surface area contributed by atoms with Crippen molar-refractivity contribution in [3.8, 4) is 5.75 Å². The lowest BCUT2D eigenvalue weighted by molar-refractivity contribution is 0.163. The quantitative estimate of drug-likeness (QED) is 0.804. The highest BCUT2D eigenvalue weighted by molar-refractivity contribution is 9.10. The van der Waals surface area contributed by atoms with E-state index in [1.54, 1.807) is 6.07 Å². The maximum atomic E-state index is 9.13. The maximum absolute atomic E-state index is 9.13. The second-order valence-electron chi connectivity index (χ2n) is 2.15. The zero-order valence-corrected chi connectivity index (χ0v) is 9.35. The summed E-state index contributed by atoms with van der Waals surface area (Å²) in [6.07, 6.45) is 1.38. The molecule has 0 bridgehead atoms. The second-order valence-corrected chi connectivity index (χ2v) is 3.06. The van der Waals surface area contributed by atoms with E-state index in [0.29, 0.717) is 21.6 Å². The molecule has 4 nitrogen and oxygen atoms in total. The van der Waals surface area contributed by atoms with Gasteiger partial charge in [-0.3, -0.25) is 5.41 Å². The van der Waals surface area contributed by atoms with Crippen molar-refractivity contribution in [3.63, 3.8) is 0 Å². The Labute approximate surface area is 90.2 Å². The molecule has 0 aliphatic heterocycles. The van der Waals surface area contributed by atoms with E-state index in [2.05, 4.69) is 15.9 Å². The van der Waals surface area contributed by atoms with Gasteiger partial charge in [0.25, 0.3) is 0 Å². The van der Waals surface area contributed by atoms with Crippen LogP contribution >= 0.6 is 28.3 Å². The molecule has 0 aliphatic carbocycles. The SMILES string of the molecule is CCOc1cc(Br)cn(O)c1=N.Cl. The van der Waals surface area contributed by atoms with Gasteiger partial charge >= 0.3 is 0 Å². The molecule has 0 unspecified atom stereocenters. The van der Waals surface area contributed by atoms with Crippen molar-refractivity contribution in [1.82, 2.24) is 4.73 Å². The molecule has 1 heterocycles. The molecule has 74 valence electrons. The number of aromatic nitrogens is 1. The van der Waals surface area contributed by atoms with Gasteiger partial charge in [-0.05, 0) is 28.9 Å². The van der Waals surface area contributed by atoms with Gasteiger partial charge in [-0.15, -0.1) is 12.4 Å². The summed E-state index contributed by atoms with van der Waals surface area (Å²) in [5.74, 6) is 0.356. The molecule has 2 N–H and O–H groups in total. The number of pyridine rings is 1. The van der Waals surface area contributed by atoms with Crippen LogP contribution in [0.5, 0.6) is 5.75 Å². The van der Waals surface area contributed by atoms with E-state index in [1.807, 2.05) is 6.92 Å². The fourth-order valence-electron chi connectivity index (χ4n) is 0.791. The second kappa shape index (κ2) is 5.14. The van der Waals surface area contributed by atoms with Gasteiger partial charge in [-0.1, -0.05) is 0 Å². The largest absolute Gasteiger partial charge is 0.490 e. The summed E-state index contributed by atoms with van der Waals surface area (Å²) in [6, 6.07) is 1.64. The Hall–Kier alpha value is -0.680. The van der Waals surface area contributed by atoms with Crippen LogP contribution in [0.3, 0.4) is 0 Å². The number of hydrogen-bond donors (Lipinski definition) is 2. The Morgan fingerprint density at radius 3 is 2.85 bits per heavy atom. The van der Waals surface area contributed by atoms with E-state index in [0.717, 1.165) is 0 Å². The van der Waals surface area contributed by atoms with E-state index in [-0.39, 0.29) is 17.9 Å². The molecule has 0 saturated heterocycles. The molecule has 0 spiro atoms. The van der Waals surface area contributed by atoms with Crippen LogP contribution in [0.1, 0.15) is 6.92 Å². The van der Waals surface area contributed by atoms with Crippen LogP contribution in [-0.2, 0) is 0 Å². The number of ether oxygens (including phenoxy) is 1. The molecule has 1 aromatic heterocycles. The highest BCUT2D eigenvalue weighted by Crippen LogP contribution is 2.12. The summed E-state index contributed by atoms with van der Waals surface area (Å²) in [7, 11) is 0. The lowest BCUT2D eigenvalue weighted by Crippen LogP contribution is -2.19. The minimum atomic E-state index is -0.0555. The predicted molar refractivity (Wildman–Crippen MR) is 53.6 cm³/mol. The van der Waals surface area contributed by atoms with E-state index < -0.39 is 0 Å². The standard InChI is InChI=1S/C7H9BrN2O2.ClH/c1-2-12-6-3-5(8)4-10(11)7(6)9;/h3-4,9,11H,2H2,1H3;1H. The van der Waals surface area contributed by atoms with Crippen molar-refractivity contribution in [2.24, 2.45) is 0 Å². The molecule has 13 heavy (non-hydrogen) atoms. The van der Waals surface area contributed by atoms with E-state index in [1.165, 1.54) is 6.20 Å². The molecule has 0 fully saturated rings. The van der Waals surface area contributed by atoms with Crippen LogP contribution in [0.15, 0.2) is 16.7 Å². The minimum Gasteiger partial charge on any atom is -0.490 e. The Balaban J connectivity index is 0.00000144. The molecule has 0 aliphatic rings. The molecule has 1 aromatic rings. The molecule has 1 rings (SSSR count). The summed E-state index contributed by atoms with van der Waals surface area (Å²) < 4.78 is 6.47. The summed E-state index contributed by atoms with van der Waals surface area (Å²) in [5, 5.41) is 16.5. The Morgan fingerprint density at radius 2 is 2.31 bits per heavy atom.